The van der Waals surface area contributed by atoms with Crippen molar-refractivity contribution in [3.63, 3.8) is 0 Å². The normalized spacial score (nSPS) is 25.3. The number of benzene rings is 2. The summed E-state index contributed by atoms with van der Waals surface area (Å²) in [5, 5.41) is 2.79. The van der Waals surface area contributed by atoms with E-state index in [9.17, 15) is 31.6 Å². The number of fused-ring (bicyclic) bond motifs is 1. The van der Waals surface area contributed by atoms with Crippen LogP contribution >= 0.6 is 23.2 Å². The van der Waals surface area contributed by atoms with E-state index >= 15 is 0 Å². The maximum Gasteiger partial charge on any atom is 0.248 e. The average Bonchev–Trinajstić information content (AvgIpc) is 3.82. The second-order valence-corrected chi connectivity index (χ2v) is 13.6. The van der Waals surface area contributed by atoms with Gasteiger partial charge in [-0.25, -0.2) is 17.2 Å². The summed E-state index contributed by atoms with van der Waals surface area (Å²) in [4.78, 5) is 43.0. The number of carbonyl (C=O) groups excluding carboxylic acids is 3. The summed E-state index contributed by atoms with van der Waals surface area (Å²) < 4.78 is 57.1. The van der Waals surface area contributed by atoms with Crippen LogP contribution in [-0.4, -0.2) is 77.6 Å². The zero-order valence-corrected chi connectivity index (χ0v) is 23.9. The van der Waals surface area contributed by atoms with Crippen LogP contribution in [0, 0.1) is 17.6 Å². The molecule has 4 fully saturated rings. The number of sulfonamides is 1. The molecule has 1 N–H and O–H groups in total. The van der Waals surface area contributed by atoms with Crippen molar-refractivity contribution in [3.05, 3.63) is 63.6 Å². The number of piperazine rings is 1. The number of nitrogens with one attached hydrogen (secondary N) is 1. The second kappa shape index (κ2) is 10.5. The summed E-state index contributed by atoms with van der Waals surface area (Å²) in [6.07, 6.45) is 1.46. The first-order valence-electron chi connectivity index (χ1n) is 13.3. The number of carbonyl (C=O) groups is 3. The van der Waals surface area contributed by atoms with Crippen LogP contribution in [0.1, 0.15) is 31.2 Å². The molecule has 2 saturated carbocycles. The molecule has 218 valence electrons. The van der Waals surface area contributed by atoms with Gasteiger partial charge in [-0.3, -0.25) is 14.4 Å². The van der Waals surface area contributed by atoms with Crippen LogP contribution in [0.4, 0.5) is 8.78 Å². The lowest BCUT2D eigenvalue weighted by atomic mass is 9.96. The third-order valence-electron chi connectivity index (χ3n) is 7.98. The quantitative estimate of drug-likeness (QED) is 0.509. The molecule has 0 radical (unpaired) electrons. The molecular weight excluding hydrogens is 601 g/mol. The van der Waals surface area contributed by atoms with Crippen molar-refractivity contribution in [2.45, 2.75) is 61.3 Å². The van der Waals surface area contributed by atoms with Gasteiger partial charge in [-0.15, -0.1) is 0 Å². The highest BCUT2D eigenvalue weighted by atomic mass is 35.5. The van der Waals surface area contributed by atoms with E-state index in [-0.39, 0.29) is 57.9 Å². The fourth-order valence-corrected chi connectivity index (χ4v) is 7.90. The maximum absolute atomic E-state index is 14.1. The molecule has 9 nitrogen and oxygen atoms in total. The molecule has 14 heteroatoms. The first kappa shape index (κ1) is 28.3. The Hall–Kier alpha value is -2.80. The monoisotopic (exact) mass is 626 g/mol. The molecule has 3 atom stereocenters. The van der Waals surface area contributed by atoms with Crippen molar-refractivity contribution < 1.29 is 31.6 Å². The minimum atomic E-state index is -4.38. The van der Waals surface area contributed by atoms with E-state index in [0.29, 0.717) is 12.8 Å². The van der Waals surface area contributed by atoms with Gasteiger partial charge in [0.1, 0.15) is 23.1 Å². The van der Waals surface area contributed by atoms with E-state index in [1.54, 1.807) is 4.90 Å². The van der Waals surface area contributed by atoms with Crippen molar-refractivity contribution in [3.8, 4) is 0 Å². The van der Waals surface area contributed by atoms with Crippen molar-refractivity contribution in [2.24, 2.45) is 5.92 Å². The SMILES string of the molecule is O=C(NC1CN(S(=O)(=O)c2ccc(Cl)cc2Cl)C2CN(C3CC3)C(=O)C(Cc3ccc(F)c(F)c3)N2C1=O)C1CC1. The molecule has 3 amide bonds. The van der Waals surface area contributed by atoms with Gasteiger partial charge in [0, 0.05) is 29.9 Å². The Bertz CT molecular complexity index is 1550. The largest absolute Gasteiger partial charge is 0.343 e. The highest BCUT2D eigenvalue weighted by molar-refractivity contribution is 7.89. The highest BCUT2D eigenvalue weighted by Gasteiger charge is 2.56. The average molecular weight is 627 g/mol. The number of rotatable bonds is 7. The molecule has 2 aromatic rings. The zero-order chi connectivity index (χ0) is 29.2. The molecule has 2 saturated heterocycles. The van der Waals surface area contributed by atoms with Crippen LogP contribution in [0.25, 0.3) is 0 Å². The summed E-state index contributed by atoms with van der Waals surface area (Å²) in [5.74, 6) is -3.84. The third-order valence-corrected chi connectivity index (χ3v) is 10.6. The van der Waals surface area contributed by atoms with Gasteiger partial charge in [-0.05, 0) is 61.6 Å². The number of amides is 3. The van der Waals surface area contributed by atoms with E-state index < -0.39 is 51.7 Å². The van der Waals surface area contributed by atoms with Gasteiger partial charge in [0.25, 0.3) is 0 Å². The van der Waals surface area contributed by atoms with Crippen molar-refractivity contribution in [1.82, 2.24) is 19.4 Å². The Morgan fingerprint density at radius 1 is 0.951 bits per heavy atom. The van der Waals surface area contributed by atoms with Crippen LogP contribution in [0.5, 0.6) is 0 Å². The molecule has 0 bridgehead atoms. The Morgan fingerprint density at radius 3 is 2.32 bits per heavy atom. The van der Waals surface area contributed by atoms with Crippen molar-refractivity contribution >= 4 is 50.9 Å². The van der Waals surface area contributed by atoms with Gasteiger partial charge in [0.15, 0.2) is 11.6 Å². The zero-order valence-electron chi connectivity index (χ0n) is 21.6. The standard InChI is InChI=1S/C27H26Cl2F2N4O5S/c28-16-4-8-23(18(29)11-16)41(39,40)34-12-21(32-25(36)15-2-3-15)26(37)35-22(10-14-1-7-19(30)20(31)9-14)27(38)33(13-24(34)35)17-5-6-17/h1,4,7-9,11,15,17,21-22,24H,2-3,5-6,10,12-13H2,(H,32,36). The molecule has 0 spiro atoms. The second-order valence-electron chi connectivity index (χ2n) is 10.9. The van der Waals surface area contributed by atoms with Gasteiger partial charge in [0.2, 0.25) is 27.7 Å². The van der Waals surface area contributed by atoms with Crippen LogP contribution < -0.4 is 5.32 Å². The first-order valence-corrected chi connectivity index (χ1v) is 15.5. The predicted molar refractivity (Wildman–Crippen MR) is 144 cm³/mol. The maximum atomic E-state index is 14.1. The number of halogens is 4. The molecule has 4 aliphatic rings. The molecule has 2 aliphatic carbocycles. The third kappa shape index (κ3) is 5.31. The number of hydrogen-bond acceptors (Lipinski definition) is 5. The summed E-state index contributed by atoms with van der Waals surface area (Å²) in [6, 6.07) is 4.54. The Balaban J connectivity index is 1.43. The van der Waals surface area contributed by atoms with Gasteiger partial charge >= 0.3 is 0 Å². The van der Waals surface area contributed by atoms with E-state index in [1.807, 2.05) is 0 Å². The van der Waals surface area contributed by atoms with Crippen LogP contribution in [0.2, 0.25) is 10.0 Å². The molecule has 3 unspecified atom stereocenters. The minimum Gasteiger partial charge on any atom is -0.343 e. The fraction of sp³-hybridized carbons (Fsp3) is 0.444. The predicted octanol–water partition coefficient (Wildman–Crippen LogP) is 2.94. The summed E-state index contributed by atoms with van der Waals surface area (Å²) >= 11 is 12.3. The molecule has 0 aromatic heterocycles. The molecule has 2 aromatic carbocycles. The lowest BCUT2D eigenvalue weighted by Gasteiger charge is -2.53. The molecule has 2 heterocycles. The molecule has 41 heavy (non-hydrogen) atoms. The van der Waals surface area contributed by atoms with Gasteiger partial charge in [-0.1, -0.05) is 29.3 Å². The van der Waals surface area contributed by atoms with E-state index in [0.717, 1.165) is 29.3 Å². The Labute approximate surface area is 245 Å². The van der Waals surface area contributed by atoms with Crippen molar-refractivity contribution in [2.75, 3.05) is 13.1 Å². The van der Waals surface area contributed by atoms with Crippen LogP contribution in [0.3, 0.4) is 0 Å². The van der Waals surface area contributed by atoms with E-state index in [1.165, 1.54) is 29.2 Å². The summed E-state index contributed by atoms with van der Waals surface area (Å²) in [6.45, 7) is -0.457. The molecule has 2 aliphatic heterocycles. The summed E-state index contributed by atoms with van der Waals surface area (Å²) in [7, 11) is -4.38. The Morgan fingerprint density at radius 2 is 1.68 bits per heavy atom. The first-order chi connectivity index (χ1) is 19.5. The highest BCUT2D eigenvalue weighted by Crippen LogP contribution is 2.38. The topological polar surface area (TPSA) is 107 Å². The van der Waals surface area contributed by atoms with Gasteiger partial charge in [0.05, 0.1) is 11.6 Å². The molecule has 6 rings (SSSR count). The lowest BCUT2D eigenvalue weighted by Crippen LogP contribution is -2.76. The number of hydrogen-bond donors (Lipinski definition) is 1. The van der Waals surface area contributed by atoms with E-state index in [4.69, 9.17) is 23.2 Å². The van der Waals surface area contributed by atoms with Gasteiger partial charge in [-0.2, -0.15) is 4.31 Å². The smallest absolute Gasteiger partial charge is 0.248 e. The van der Waals surface area contributed by atoms with Crippen LogP contribution in [0.15, 0.2) is 41.3 Å². The van der Waals surface area contributed by atoms with Crippen molar-refractivity contribution in [1.29, 1.82) is 0 Å². The number of nitrogens with zero attached hydrogens (tertiary/aromatic N) is 3. The fourth-order valence-electron chi connectivity index (χ4n) is 5.56. The van der Waals surface area contributed by atoms with E-state index in [2.05, 4.69) is 5.32 Å². The summed E-state index contributed by atoms with van der Waals surface area (Å²) in [5.41, 5.74) is 0.255. The lowest BCUT2D eigenvalue weighted by molar-refractivity contribution is -0.168. The molecular formula is C27H26Cl2F2N4O5S. The van der Waals surface area contributed by atoms with Gasteiger partial charge < -0.3 is 15.1 Å². The van der Waals surface area contributed by atoms with Crippen LogP contribution in [-0.2, 0) is 30.8 Å². The minimum absolute atomic E-state index is 0.0861. The Kier molecular flexibility index (Phi) is 7.24.